The molecule has 1 aromatic carbocycles. The van der Waals surface area contributed by atoms with Crippen LogP contribution in [0.5, 0.6) is 0 Å². The normalized spacial score (nSPS) is 12.8. The van der Waals surface area contributed by atoms with E-state index in [9.17, 15) is 13.6 Å². The van der Waals surface area contributed by atoms with Gasteiger partial charge in [0.15, 0.2) is 0 Å². The molecule has 0 fully saturated rings. The first-order chi connectivity index (χ1) is 9.03. The fraction of sp³-hybridized carbons (Fsp3) is 0.562. The number of hydrogen-bond acceptors (Lipinski definition) is 1. The van der Waals surface area contributed by atoms with Crippen molar-refractivity contribution in [1.82, 2.24) is 0 Å². The van der Waals surface area contributed by atoms with E-state index < -0.39 is 23.7 Å². The van der Waals surface area contributed by atoms with Gasteiger partial charge in [0.25, 0.3) is 5.92 Å². The molecule has 0 bridgehead atoms. The summed E-state index contributed by atoms with van der Waals surface area (Å²) in [4.78, 5) is 10.7. The first-order valence-electron chi connectivity index (χ1n) is 6.73. The maximum absolute atomic E-state index is 14.2. The second-order valence-electron chi connectivity index (χ2n) is 6.39. The van der Waals surface area contributed by atoms with Crippen LogP contribution in [0.1, 0.15) is 57.6 Å². The number of rotatable bonds is 6. The van der Waals surface area contributed by atoms with Crippen LogP contribution >= 0.6 is 0 Å². The molecule has 0 amide bonds. The summed E-state index contributed by atoms with van der Waals surface area (Å²) in [7, 11) is 0. The van der Waals surface area contributed by atoms with Crippen LogP contribution in [0, 0.1) is 5.41 Å². The molecule has 0 aliphatic heterocycles. The molecule has 1 rings (SSSR count). The summed E-state index contributed by atoms with van der Waals surface area (Å²) in [6, 6.07) is 6.29. The number of carboxylic acid groups (broad SMARTS) is 1. The minimum atomic E-state index is -3.02. The van der Waals surface area contributed by atoms with Gasteiger partial charge in [-0.15, -0.1) is 0 Å². The van der Waals surface area contributed by atoms with E-state index in [1.807, 2.05) is 13.8 Å². The Morgan fingerprint density at radius 2 is 1.70 bits per heavy atom. The fourth-order valence-electron chi connectivity index (χ4n) is 2.29. The molecule has 0 radical (unpaired) electrons. The maximum atomic E-state index is 14.2. The molecule has 1 aromatic rings. The van der Waals surface area contributed by atoms with Crippen molar-refractivity contribution in [2.45, 2.75) is 52.4 Å². The minimum Gasteiger partial charge on any atom is -0.481 e. The number of alkyl halides is 2. The Hall–Kier alpha value is -1.45. The van der Waals surface area contributed by atoms with Gasteiger partial charge < -0.3 is 5.11 Å². The lowest BCUT2D eigenvalue weighted by atomic mass is 9.81. The van der Waals surface area contributed by atoms with Crippen molar-refractivity contribution >= 4 is 5.97 Å². The average molecular weight is 284 g/mol. The number of aliphatic carboxylic acids is 1. The second-order valence-corrected chi connectivity index (χ2v) is 6.39. The third-order valence-electron chi connectivity index (χ3n) is 3.33. The third-order valence-corrected chi connectivity index (χ3v) is 3.33. The van der Waals surface area contributed by atoms with Crippen LogP contribution in [0.3, 0.4) is 0 Å². The second kappa shape index (κ2) is 5.90. The number of halogens is 2. The molecule has 0 saturated heterocycles. The van der Waals surface area contributed by atoms with E-state index in [-0.39, 0.29) is 12.0 Å². The van der Waals surface area contributed by atoms with Gasteiger partial charge in [0.05, 0.1) is 6.42 Å². The largest absolute Gasteiger partial charge is 0.481 e. The number of carbonyl (C=O) groups is 1. The van der Waals surface area contributed by atoms with E-state index in [0.717, 1.165) is 5.56 Å². The van der Waals surface area contributed by atoms with E-state index in [4.69, 9.17) is 5.11 Å². The lowest BCUT2D eigenvalue weighted by molar-refractivity contribution is -0.140. The topological polar surface area (TPSA) is 37.3 Å². The Morgan fingerprint density at radius 3 is 2.10 bits per heavy atom. The van der Waals surface area contributed by atoms with Crippen molar-refractivity contribution in [3.05, 3.63) is 35.4 Å². The minimum absolute atomic E-state index is 0.0552. The third kappa shape index (κ3) is 4.58. The summed E-state index contributed by atoms with van der Waals surface area (Å²) in [5.41, 5.74) is 0.00111. The van der Waals surface area contributed by atoms with Crippen molar-refractivity contribution in [2.75, 3.05) is 0 Å². The highest BCUT2D eigenvalue weighted by Gasteiger charge is 2.39. The van der Waals surface area contributed by atoms with Gasteiger partial charge in [-0.25, -0.2) is 8.78 Å². The first kappa shape index (κ1) is 16.6. The van der Waals surface area contributed by atoms with Crippen LogP contribution in [0.15, 0.2) is 24.3 Å². The molecular formula is C16H22F2O2. The molecular weight excluding hydrogens is 262 g/mol. The van der Waals surface area contributed by atoms with Gasteiger partial charge in [0.2, 0.25) is 0 Å². The Morgan fingerprint density at radius 1 is 1.20 bits per heavy atom. The van der Waals surface area contributed by atoms with Gasteiger partial charge >= 0.3 is 5.97 Å². The quantitative estimate of drug-likeness (QED) is 0.815. The van der Waals surface area contributed by atoms with Crippen molar-refractivity contribution in [2.24, 2.45) is 5.41 Å². The molecule has 0 aromatic heterocycles. The Labute approximate surface area is 118 Å². The SMILES string of the molecule is CC(C)c1ccc(C(F)(F)CC(C)(C)CC(=O)O)cc1. The molecule has 0 aliphatic rings. The maximum Gasteiger partial charge on any atom is 0.303 e. The molecule has 0 unspecified atom stereocenters. The van der Waals surface area contributed by atoms with Crippen LogP contribution in [-0.2, 0) is 10.7 Å². The predicted molar refractivity (Wildman–Crippen MR) is 75.1 cm³/mol. The highest BCUT2D eigenvalue weighted by Crippen LogP contribution is 2.41. The molecule has 4 heteroatoms. The van der Waals surface area contributed by atoms with Crippen LogP contribution in [0.25, 0.3) is 0 Å². The molecule has 0 spiro atoms. The highest BCUT2D eigenvalue weighted by molar-refractivity contribution is 5.67. The zero-order valence-corrected chi connectivity index (χ0v) is 12.4. The molecule has 0 atom stereocenters. The average Bonchev–Trinajstić information content (AvgIpc) is 2.25. The lowest BCUT2D eigenvalue weighted by Gasteiger charge is -2.28. The lowest BCUT2D eigenvalue weighted by Crippen LogP contribution is -2.26. The Kier molecular flexibility index (Phi) is 4.90. The van der Waals surface area contributed by atoms with Gasteiger partial charge in [0.1, 0.15) is 0 Å². The highest BCUT2D eigenvalue weighted by atomic mass is 19.3. The van der Waals surface area contributed by atoms with Crippen LogP contribution < -0.4 is 0 Å². The standard InChI is InChI=1S/C16H22F2O2/c1-11(2)12-5-7-13(8-6-12)16(17,18)10-15(3,4)9-14(19)20/h5-8,11H,9-10H2,1-4H3,(H,19,20). The zero-order valence-electron chi connectivity index (χ0n) is 12.4. The molecule has 0 saturated carbocycles. The van der Waals surface area contributed by atoms with E-state index in [1.165, 1.54) is 12.1 Å². The summed E-state index contributed by atoms with van der Waals surface area (Å²) < 4.78 is 28.5. The van der Waals surface area contributed by atoms with Crippen molar-refractivity contribution in [1.29, 1.82) is 0 Å². The number of carboxylic acids is 1. The van der Waals surface area contributed by atoms with Crippen LogP contribution in [0.2, 0.25) is 0 Å². The Balaban J connectivity index is 2.90. The van der Waals surface area contributed by atoms with Crippen molar-refractivity contribution in [3.8, 4) is 0 Å². The van der Waals surface area contributed by atoms with Crippen molar-refractivity contribution < 1.29 is 18.7 Å². The summed E-state index contributed by atoms with van der Waals surface area (Å²) >= 11 is 0. The number of benzene rings is 1. The van der Waals surface area contributed by atoms with E-state index in [2.05, 4.69) is 0 Å². The smallest absolute Gasteiger partial charge is 0.303 e. The number of hydrogen-bond donors (Lipinski definition) is 1. The molecule has 1 N–H and O–H groups in total. The summed E-state index contributed by atoms with van der Waals surface area (Å²) in [6.07, 6.45) is -0.750. The monoisotopic (exact) mass is 284 g/mol. The Bertz CT molecular complexity index is 462. The molecule has 0 heterocycles. The van der Waals surface area contributed by atoms with Gasteiger partial charge in [-0.3, -0.25) is 4.79 Å². The van der Waals surface area contributed by atoms with Crippen molar-refractivity contribution in [3.63, 3.8) is 0 Å². The van der Waals surface area contributed by atoms with Gasteiger partial charge in [0, 0.05) is 12.0 Å². The van der Waals surface area contributed by atoms with E-state index in [1.54, 1.807) is 26.0 Å². The van der Waals surface area contributed by atoms with E-state index >= 15 is 0 Å². The van der Waals surface area contributed by atoms with Crippen LogP contribution in [-0.4, -0.2) is 11.1 Å². The van der Waals surface area contributed by atoms with E-state index in [0.29, 0.717) is 5.92 Å². The zero-order chi connectivity index (χ0) is 15.6. The van der Waals surface area contributed by atoms with Gasteiger partial charge in [-0.2, -0.15) is 0 Å². The molecule has 2 nitrogen and oxygen atoms in total. The molecule has 0 aliphatic carbocycles. The predicted octanol–water partition coefficient (Wildman–Crippen LogP) is 4.79. The van der Waals surface area contributed by atoms with Gasteiger partial charge in [-0.1, -0.05) is 52.0 Å². The first-order valence-corrected chi connectivity index (χ1v) is 6.73. The molecule has 20 heavy (non-hydrogen) atoms. The van der Waals surface area contributed by atoms with Gasteiger partial charge in [-0.05, 0) is 16.9 Å². The summed E-state index contributed by atoms with van der Waals surface area (Å²) in [6.45, 7) is 7.11. The molecule has 112 valence electrons. The summed E-state index contributed by atoms with van der Waals surface area (Å²) in [5.74, 6) is -3.78. The fourth-order valence-corrected chi connectivity index (χ4v) is 2.29. The van der Waals surface area contributed by atoms with Crippen LogP contribution in [0.4, 0.5) is 8.78 Å². The summed E-state index contributed by atoms with van der Waals surface area (Å²) in [5, 5.41) is 8.77.